The maximum Gasteiger partial charge on any atom is 0.226 e. The predicted molar refractivity (Wildman–Crippen MR) is 124 cm³/mol. The molecular formula is C26H34N2O4. The van der Waals surface area contributed by atoms with Gasteiger partial charge in [-0.15, -0.1) is 0 Å². The second-order valence-electron chi connectivity index (χ2n) is 8.60. The molecular weight excluding hydrogens is 404 g/mol. The van der Waals surface area contributed by atoms with E-state index >= 15 is 0 Å². The molecule has 0 unspecified atom stereocenters. The Hall–Kier alpha value is -2.57. The van der Waals surface area contributed by atoms with E-state index in [9.17, 15) is 4.79 Å². The minimum atomic E-state index is 0.187. The molecule has 6 nitrogen and oxygen atoms in total. The second kappa shape index (κ2) is 11.3. The van der Waals surface area contributed by atoms with Gasteiger partial charge in [0.1, 0.15) is 6.61 Å². The lowest BCUT2D eigenvalue weighted by Gasteiger charge is -2.34. The molecule has 1 aliphatic carbocycles. The summed E-state index contributed by atoms with van der Waals surface area (Å²) in [4.78, 5) is 17.6. The van der Waals surface area contributed by atoms with Gasteiger partial charge in [0.15, 0.2) is 11.5 Å². The van der Waals surface area contributed by atoms with E-state index in [-0.39, 0.29) is 11.8 Å². The molecule has 1 saturated heterocycles. The molecule has 6 heteroatoms. The number of amides is 1. The Morgan fingerprint density at radius 1 is 1.06 bits per heavy atom. The lowest BCUT2D eigenvalue weighted by atomic mass is 9.84. The third-order valence-corrected chi connectivity index (χ3v) is 6.39. The van der Waals surface area contributed by atoms with Crippen molar-refractivity contribution in [3.63, 3.8) is 0 Å². The summed E-state index contributed by atoms with van der Waals surface area (Å²) >= 11 is 0. The highest BCUT2D eigenvalue weighted by atomic mass is 16.5. The summed E-state index contributed by atoms with van der Waals surface area (Å²) in [7, 11) is 1.65. The van der Waals surface area contributed by atoms with E-state index < -0.39 is 0 Å². The monoisotopic (exact) mass is 438 g/mol. The molecule has 1 aliphatic heterocycles. The van der Waals surface area contributed by atoms with E-state index in [2.05, 4.69) is 4.90 Å². The Morgan fingerprint density at radius 2 is 1.84 bits per heavy atom. The molecule has 2 fully saturated rings. The number of morpholine rings is 1. The third kappa shape index (κ3) is 6.02. The number of hydrogen-bond donors (Lipinski definition) is 0. The second-order valence-corrected chi connectivity index (χ2v) is 8.60. The van der Waals surface area contributed by atoms with E-state index in [1.807, 2.05) is 53.4 Å². The minimum absolute atomic E-state index is 0.187. The molecule has 172 valence electrons. The third-order valence-electron chi connectivity index (χ3n) is 6.39. The van der Waals surface area contributed by atoms with E-state index in [0.29, 0.717) is 24.7 Å². The van der Waals surface area contributed by atoms with Gasteiger partial charge < -0.3 is 19.1 Å². The zero-order valence-corrected chi connectivity index (χ0v) is 19.0. The number of hydrogen-bond acceptors (Lipinski definition) is 5. The lowest BCUT2D eigenvalue weighted by molar-refractivity contribution is -0.139. The van der Waals surface area contributed by atoms with E-state index in [1.54, 1.807) is 7.11 Å². The van der Waals surface area contributed by atoms with Crippen molar-refractivity contribution in [1.29, 1.82) is 0 Å². The van der Waals surface area contributed by atoms with Crippen LogP contribution in [-0.2, 0) is 22.7 Å². The molecule has 0 bridgehead atoms. The summed E-state index contributed by atoms with van der Waals surface area (Å²) in [5, 5.41) is 0. The molecule has 0 spiro atoms. The number of ether oxygens (including phenoxy) is 3. The first-order valence-corrected chi connectivity index (χ1v) is 11.7. The van der Waals surface area contributed by atoms with Crippen molar-refractivity contribution in [3.05, 3.63) is 59.7 Å². The number of methoxy groups -OCH3 is 1. The molecule has 32 heavy (non-hydrogen) atoms. The Kier molecular flexibility index (Phi) is 8.02. The Bertz CT molecular complexity index is 863. The molecule has 2 aromatic carbocycles. The first kappa shape index (κ1) is 22.6. The van der Waals surface area contributed by atoms with Gasteiger partial charge in [-0.2, -0.15) is 0 Å². The first-order chi connectivity index (χ1) is 15.7. The van der Waals surface area contributed by atoms with Crippen LogP contribution in [0, 0.1) is 5.92 Å². The van der Waals surface area contributed by atoms with Crippen LogP contribution >= 0.6 is 0 Å². The number of carbonyl (C=O) groups is 1. The van der Waals surface area contributed by atoms with Crippen LogP contribution in [0.4, 0.5) is 0 Å². The van der Waals surface area contributed by atoms with Crippen LogP contribution in [0.2, 0.25) is 0 Å². The van der Waals surface area contributed by atoms with Gasteiger partial charge in [-0.1, -0.05) is 42.8 Å². The molecule has 1 heterocycles. The number of nitrogens with zero attached hydrogens (tertiary/aromatic N) is 2. The number of benzene rings is 2. The smallest absolute Gasteiger partial charge is 0.226 e. The zero-order chi connectivity index (χ0) is 22.2. The molecule has 0 radical (unpaired) electrons. The lowest BCUT2D eigenvalue weighted by Crippen LogP contribution is -2.45. The van der Waals surface area contributed by atoms with Crippen molar-refractivity contribution >= 4 is 5.91 Å². The summed E-state index contributed by atoms with van der Waals surface area (Å²) in [6, 6.07) is 16.1. The van der Waals surface area contributed by atoms with Crippen LogP contribution in [0.3, 0.4) is 0 Å². The molecule has 0 atom stereocenters. The highest BCUT2D eigenvalue weighted by Gasteiger charge is 2.30. The van der Waals surface area contributed by atoms with Crippen LogP contribution in [0.1, 0.15) is 30.4 Å². The topological polar surface area (TPSA) is 51.2 Å². The first-order valence-electron chi connectivity index (χ1n) is 11.7. The molecule has 2 aliphatic rings. The average molecular weight is 439 g/mol. The Morgan fingerprint density at radius 3 is 2.53 bits per heavy atom. The fraction of sp³-hybridized carbons (Fsp3) is 0.500. The number of carbonyl (C=O) groups excluding carboxylic acids is 1. The van der Waals surface area contributed by atoms with Crippen LogP contribution in [0.25, 0.3) is 0 Å². The van der Waals surface area contributed by atoms with Gasteiger partial charge in [0.2, 0.25) is 5.91 Å². The average Bonchev–Trinajstić information content (AvgIpc) is 2.80. The van der Waals surface area contributed by atoms with Gasteiger partial charge in [0, 0.05) is 38.6 Å². The summed E-state index contributed by atoms with van der Waals surface area (Å²) < 4.78 is 17.0. The molecule has 2 aromatic rings. The van der Waals surface area contributed by atoms with E-state index in [0.717, 1.165) is 69.8 Å². The van der Waals surface area contributed by atoms with Gasteiger partial charge in [-0.05, 0) is 36.1 Å². The maximum atomic E-state index is 13.1. The quantitative estimate of drug-likeness (QED) is 0.566. The van der Waals surface area contributed by atoms with Gasteiger partial charge in [0.05, 0.1) is 20.3 Å². The molecule has 1 amide bonds. The van der Waals surface area contributed by atoms with Crippen molar-refractivity contribution < 1.29 is 19.0 Å². The summed E-state index contributed by atoms with van der Waals surface area (Å²) in [5.74, 6) is 1.88. The van der Waals surface area contributed by atoms with Crippen LogP contribution in [0.15, 0.2) is 48.5 Å². The summed E-state index contributed by atoms with van der Waals surface area (Å²) in [6.07, 6.45) is 3.19. The summed E-state index contributed by atoms with van der Waals surface area (Å²) in [5.41, 5.74) is 2.16. The SMILES string of the molecule is COc1ccc(CN(CCN2CCOCC2)C(=O)C2CCC2)cc1OCc1ccccc1. The van der Waals surface area contributed by atoms with Gasteiger partial charge in [0.25, 0.3) is 0 Å². The Balaban J connectivity index is 1.44. The predicted octanol–water partition coefficient (Wildman–Crippen LogP) is 3.74. The maximum absolute atomic E-state index is 13.1. The van der Waals surface area contributed by atoms with Crippen molar-refractivity contribution in [2.75, 3.05) is 46.5 Å². The highest BCUT2D eigenvalue weighted by Crippen LogP contribution is 2.31. The summed E-state index contributed by atoms with van der Waals surface area (Å²) in [6.45, 7) is 6.11. The van der Waals surface area contributed by atoms with Crippen LogP contribution < -0.4 is 9.47 Å². The fourth-order valence-corrected chi connectivity index (χ4v) is 4.16. The molecule has 0 aromatic heterocycles. The Labute approximate surface area is 191 Å². The standard InChI is InChI=1S/C26H34N2O4/c1-30-24-11-10-22(18-25(24)32-20-21-6-3-2-4-7-21)19-28(26(29)23-8-5-9-23)13-12-27-14-16-31-17-15-27/h2-4,6-7,10-11,18,23H,5,8-9,12-17,19-20H2,1H3. The number of rotatable bonds is 10. The van der Waals surface area contributed by atoms with Crippen molar-refractivity contribution in [2.45, 2.75) is 32.4 Å². The zero-order valence-electron chi connectivity index (χ0n) is 19.0. The van der Waals surface area contributed by atoms with Gasteiger partial charge in [-0.3, -0.25) is 9.69 Å². The van der Waals surface area contributed by atoms with Crippen molar-refractivity contribution in [3.8, 4) is 11.5 Å². The van der Waals surface area contributed by atoms with Gasteiger partial charge in [-0.25, -0.2) is 0 Å². The molecule has 4 rings (SSSR count). The van der Waals surface area contributed by atoms with Crippen LogP contribution in [-0.4, -0.2) is 62.2 Å². The minimum Gasteiger partial charge on any atom is -0.493 e. The largest absolute Gasteiger partial charge is 0.493 e. The van der Waals surface area contributed by atoms with E-state index in [1.165, 1.54) is 0 Å². The van der Waals surface area contributed by atoms with Crippen molar-refractivity contribution in [1.82, 2.24) is 9.80 Å². The van der Waals surface area contributed by atoms with Crippen molar-refractivity contribution in [2.24, 2.45) is 5.92 Å². The normalized spacial score (nSPS) is 16.9. The van der Waals surface area contributed by atoms with Gasteiger partial charge >= 0.3 is 0 Å². The van der Waals surface area contributed by atoms with Crippen LogP contribution in [0.5, 0.6) is 11.5 Å². The molecule has 0 N–H and O–H groups in total. The van der Waals surface area contributed by atoms with E-state index in [4.69, 9.17) is 14.2 Å². The highest BCUT2D eigenvalue weighted by molar-refractivity contribution is 5.79. The fourth-order valence-electron chi connectivity index (χ4n) is 4.16. The molecule has 1 saturated carbocycles.